The van der Waals surface area contributed by atoms with E-state index >= 15 is 0 Å². The molecule has 3 rings (SSSR count). The normalized spacial score (nSPS) is 15.6. The van der Waals surface area contributed by atoms with Crippen molar-refractivity contribution in [2.24, 2.45) is 4.99 Å². The van der Waals surface area contributed by atoms with Gasteiger partial charge in [0.15, 0.2) is 0 Å². The van der Waals surface area contributed by atoms with Crippen LogP contribution < -0.4 is 5.32 Å². The van der Waals surface area contributed by atoms with E-state index in [1.165, 1.54) is 10.5 Å². The maximum absolute atomic E-state index is 12.9. The topological polar surface area (TPSA) is 61.8 Å². The molecule has 140 valence electrons. The van der Waals surface area contributed by atoms with Gasteiger partial charge in [0.05, 0.1) is 0 Å². The maximum Gasteiger partial charge on any atom is 0.275 e. The highest BCUT2D eigenvalue weighted by Crippen LogP contribution is 2.26. The first-order valence-electron chi connectivity index (χ1n) is 8.86. The lowest BCUT2D eigenvalue weighted by Gasteiger charge is -2.28. The van der Waals surface area contributed by atoms with Gasteiger partial charge in [0, 0.05) is 16.3 Å². The minimum Gasteiger partial charge on any atom is -0.325 e. The fraction of sp³-hybridized carbons (Fsp3) is 0.286. The molecule has 0 fully saturated rings. The van der Waals surface area contributed by atoms with Gasteiger partial charge in [-0.05, 0) is 50.1 Å². The molecule has 2 amide bonds. The third-order valence-electron chi connectivity index (χ3n) is 4.56. The minimum atomic E-state index is -0.796. The van der Waals surface area contributed by atoms with Crippen molar-refractivity contribution < 1.29 is 9.59 Å². The molecule has 0 saturated heterocycles. The molecule has 0 unspecified atom stereocenters. The number of carbonyl (C=O) groups is 2. The van der Waals surface area contributed by atoms with Gasteiger partial charge < -0.3 is 10.2 Å². The molecule has 2 aromatic carbocycles. The number of nitrogens with zero attached hydrogens (tertiary/aromatic N) is 2. The van der Waals surface area contributed by atoms with E-state index in [4.69, 9.17) is 11.6 Å². The van der Waals surface area contributed by atoms with Gasteiger partial charge in [-0.15, -0.1) is 0 Å². The Morgan fingerprint density at radius 3 is 2.33 bits per heavy atom. The third-order valence-corrected chi connectivity index (χ3v) is 4.81. The molecular formula is C21H22ClN3O2. The van der Waals surface area contributed by atoms with Crippen molar-refractivity contribution in [2.45, 2.75) is 32.9 Å². The zero-order chi connectivity index (χ0) is 19.6. The molecule has 1 aliphatic rings. The molecule has 0 saturated carbocycles. The largest absolute Gasteiger partial charge is 0.325 e. The van der Waals surface area contributed by atoms with Crippen LogP contribution in [0.15, 0.2) is 53.5 Å². The van der Waals surface area contributed by atoms with E-state index in [1.807, 2.05) is 38.1 Å². The minimum absolute atomic E-state index is 0.0675. The summed E-state index contributed by atoms with van der Waals surface area (Å²) in [5.74, 6) is -0.521. The summed E-state index contributed by atoms with van der Waals surface area (Å²) in [5, 5.41) is 3.43. The first-order chi connectivity index (χ1) is 12.8. The van der Waals surface area contributed by atoms with E-state index in [0.717, 1.165) is 6.42 Å². The molecule has 1 aliphatic heterocycles. The summed E-state index contributed by atoms with van der Waals surface area (Å²) >= 11 is 5.92. The smallest absolute Gasteiger partial charge is 0.275 e. The Bertz CT molecular complexity index is 887. The summed E-state index contributed by atoms with van der Waals surface area (Å²) in [6.45, 7) is 5.64. The molecule has 0 spiro atoms. The molecule has 2 aromatic rings. The van der Waals surface area contributed by atoms with Crippen LogP contribution in [-0.4, -0.2) is 34.6 Å². The van der Waals surface area contributed by atoms with Gasteiger partial charge >= 0.3 is 0 Å². The number of rotatable bonds is 5. The monoisotopic (exact) mass is 383 g/mol. The van der Waals surface area contributed by atoms with Gasteiger partial charge in [0.2, 0.25) is 5.91 Å². The molecule has 5 nitrogen and oxygen atoms in total. The summed E-state index contributed by atoms with van der Waals surface area (Å²) in [6.07, 6.45) is 0.940. The number of hydrogen-bond acceptors (Lipinski definition) is 3. The standard InChI is InChI=1S/C21H22ClN3O2/c1-4-14-5-11-17(12-6-14)23-18(26)13-25-20(27)19(24-21(25,2)3)15-7-9-16(22)10-8-15/h5-12H,4,13H2,1-3H3,(H,23,26). The van der Waals surface area contributed by atoms with Crippen molar-refractivity contribution >= 4 is 34.8 Å². The number of aryl methyl sites for hydroxylation is 1. The average molecular weight is 384 g/mol. The van der Waals surface area contributed by atoms with Crippen LogP contribution in [0, 0.1) is 0 Å². The van der Waals surface area contributed by atoms with E-state index in [1.54, 1.807) is 24.3 Å². The lowest BCUT2D eigenvalue weighted by Crippen LogP contribution is -2.46. The highest BCUT2D eigenvalue weighted by atomic mass is 35.5. The second-order valence-corrected chi connectivity index (χ2v) is 7.39. The Balaban J connectivity index is 1.72. The van der Waals surface area contributed by atoms with Gasteiger partial charge in [-0.3, -0.25) is 14.6 Å². The van der Waals surface area contributed by atoms with Crippen LogP contribution in [0.3, 0.4) is 0 Å². The zero-order valence-corrected chi connectivity index (χ0v) is 16.4. The predicted octanol–water partition coefficient (Wildman–Crippen LogP) is 3.91. The van der Waals surface area contributed by atoms with Crippen molar-refractivity contribution in [1.29, 1.82) is 0 Å². The van der Waals surface area contributed by atoms with Crippen molar-refractivity contribution in [2.75, 3.05) is 11.9 Å². The Morgan fingerprint density at radius 1 is 1.11 bits per heavy atom. The molecule has 0 bridgehead atoms. The van der Waals surface area contributed by atoms with Crippen LogP contribution in [-0.2, 0) is 16.0 Å². The number of hydrogen-bond donors (Lipinski definition) is 1. The fourth-order valence-corrected chi connectivity index (χ4v) is 3.11. The van der Waals surface area contributed by atoms with Crippen molar-refractivity contribution in [3.05, 3.63) is 64.7 Å². The molecule has 0 aliphatic carbocycles. The van der Waals surface area contributed by atoms with E-state index in [0.29, 0.717) is 22.0 Å². The molecule has 6 heteroatoms. The quantitative estimate of drug-likeness (QED) is 0.850. The van der Waals surface area contributed by atoms with Crippen LogP contribution in [0.2, 0.25) is 5.02 Å². The highest BCUT2D eigenvalue weighted by Gasteiger charge is 2.41. The molecule has 1 heterocycles. The molecule has 27 heavy (non-hydrogen) atoms. The van der Waals surface area contributed by atoms with Crippen molar-refractivity contribution in [3.63, 3.8) is 0 Å². The molecular weight excluding hydrogens is 362 g/mol. The van der Waals surface area contributed by atoms with Crippen LogP contribution in [0.5, 0.6) is 0 Å². The van der Waals surface area contributed by atoms with E-state index < -0.39 is 5.66 Å². The van der Waals surface area contributed by atoms with Crippen molar-refractivity contribution in [1.82, 2.24) is 4.90 Å². The van der Waals surface area contributed by atoms with E-state index in [2.05, 4.69) is 17.2 Å². The molecule has 0 aromatic heterocycles. The average Bonchev–Trinajstić information content (AvgIpc) is 2.86. The van der Waals surface area contributed by atoms with Crippen LogP contribution in [0.1, 0.15) is 31.9 Å². The van der Waals surface area contributed by atoms with Crippen molar-refractivity contribution in [3.8, 4) is 0 Å². The van der Waals surface area contributed by atoms with Gasteiger partial charge in [-0.1, -0.05) is 42.8 Å². The third kappa shape index (κ3) is 4.19. The van der Waals surface area contributed by atoms with Crippen LogP contribution in [0.4, 0.5) is 5.69 Å². The zero-order valence-electron chi connectivity index (χ0n) is 15.6. The lowest BCUT2D eigenvalue weighted by molar-refractivity contribution is -0.131. The summed E-state index contributed by atoms with van der Waals surface area (Å²) in [6, 6.07) is 14.6. The lowest BCUT2D eigenvalue weighted by atomic mass is 10.1. The number of aliphatic imine (C=N–C) groups is 1. The second-order valence-electron chi connectivity index (χ2n) is 6.95. The summed E-state index contributed by atoms with van der Waals surface area (Å²) in [7, 11) is 0. The first-order valence-corrected chi connectivity index (χ1v) is 9.24. The number of halogens is 1. The van der Waals surface area contributed by atoms with Gasteiger partial charge in [0.1, 0.15) is 17.9 Å². The van der Waals surface area contributed by atoms with Gasteiger partial charge in [-0.2, -0.15) is 0 Å². The van der Waals surface area contributed by atoms with Gasteiger partial charge in [0.25, 0.3) is 5.91 Å². The Morgan fingerprint density at radius 2 is 1.74 bits per heavy atom. The summed E-state index contributed by atoms with van der Waals surface area (Å²) in [5.41, 5.74) is 2.15. The Hall–Kier alpha value is -2.66. The first kappa shape index (κ1) is 19.1. The van der Waals surface area contributed by atoms with E-state index in [9.17, 15) is 9.59 Å². The summed E-state index contributed by atoms with van der Waals surface area (Å²) in [4.78, 5) is 31.3. The molecule has 1 N–H and O–H groups in total. The van der Waals surface area contributed by atoms with E-state index in [-0.39, 0.29) is 18.4 Å². The second kappa shape index (κ2) is 7.53. The number of amides is 2. The highest BCUT2D eigenvalue weighted by molar-refractivity contribution is 6.47. The molecule has 0 radical (unpaired) electrons. The van der Waals surface area contributed by atoms with Gasteiger partial charge in [-0.25, -0.2) is 0 Å². The van der Waals surface area contributed by atoms with Crippen LogP contribution in [0.25, 0.3) is 0 Å². The fourth-order valence-electron chi connectivity index (χ4n) is 2.99. The molecule has 0 atom stereocenters. The SMILES string of the molecule is CCc1ccc(NC(=O)CN2C(=O)C(c3ccc(Cl)cc3)=NC2(C)C)cc1. The number of nitrogens with one attached hydrogen (secondary N) is 1. The summed E-state index contributed by atoms with van der Waals surface area (Å²) < 4.78 is 0. The van der Waals surface area contributed by atoms with Crippen LogP contribution >= 0.6 is 11.6 Å². The number of carbonyl (C=O) groups excluding carboxylic acids is 2. The maximum atomic E-state index is 12.9. The Labute approximate surface area is 164 Å². The predicted molar refractivity (Wildman–Crippen MR) is 108 cm³/mol. The number of benzene rings is 2. The number of anilines is 1. The Kier molecular flexibility index (Phi) is 5.33.